The molecule has 0 aliphatic rings. The van der Waals surface area contributed by atoms with Gasteiger partial charge in [-0.2, -0.15) is 5.10 Å². The van der Waals surface area contributed by atoms with E-state index in [0.29, 0.717) is 18.8 Å². The van der Waals surface area contributed by atoms with Crippen molar-refractivity contribution in [3.8, 4) is 17.0 Å². The van der Waals surface area contributed by atoms with Crippen LogP contribution in [0.5, 0.6) is 5.75 Å². The zero-order valence-corrected chi connectivity index (χ0v) is 11.9. The number of carbonyl (C=O) groups is 1. The van der Waals surface area contributed by atoms with E-state index in [0.717, 1.165) is 16.0 Å². The van der Waals surface area contributed by atoms with Crippen molar-refractivity contribution in [3.63, 3.8) is 0 Å². The number of rotatable bonds is 5. The highest BCUT2D eigenvalue weighted by Gasteiger charge is 2.14. The normalized spacial score (nSPS) is 10.4. The van der Waals surface area contributed by atoms with E-state index in [1.807, 2.05) is 6.92 Å². The first-order valence-corrected chi connectivity index (χ1v) is 6.65. The zero-order valence-electron chi connectivity index (χ0n) is 11.9. The van der Waals surface area contributed by atoms with Crippen LogP contribution >= 0.6 is 0 Å². The van der Waals surface area contributed by atoms with E-state index < -0.39 is 11.5 Å². The zero-order chi connectivity index (χ0) is 15.4. The molecule has 21 heavy (non-hydrogen) atoms. The predicted molar refractivity (Wildman–Crippen MR) is 77.7 cm³/mol. The van der Waals surface area contributed by atoms with E-state index in [1.54, 1.807) is 31.2 Å². The summed E-state index contributed by atoms with van der Waals surface area (Å²) in [6, 6.07) is 8.42. The van der Waals surface area contributed by atoms with Gasteiger partial charge in [0.15, 0.2) is 0 Å². The lowest BCUT2D eigenvalue weighted by atomic mass is 10.1. The molecule has 0 unspecified atom stereocenters. The third-order valence-corrected chi connectivity index (χ3v) is 2.97. The maximum absolute atomic E-state index is 11.9. The lowest BCUT2D eigenvalue weighted by Crippen LogP contribution is -2.28. The molecule has 110 valence electrons. The van der Waals surface area contributed by atoms with Gasteiger partial charge in [0.05, 0.1) is 12.3 Å². The predicted octanol–water partition coefficient (Wildman–Crippen LogP) is 2.03. The Labute approximate surface area is 121 Å². The molecular weight excluding hydrogens is 272 g/mol. The standard InChI is InChI=1S/C15H16N2O4/c1-3-17-14(18)12(15(19)20)9-13(16-17)10-5-7-11(8-6-10)21-4-2/h5-9H,3-4H2,1-2H3,(H,19,20). The SMILES string of the molecule is CCOc1ccc(-c2cc(C(=O)O)c(=O)n(CC)n2)cc1. The third kappa shape index (κ3) is 3.10. The number of hydrogen-bond donors (Lipinski definition) is 1. The first-order valence-electron chi connectivity index (χ1n) is 6.65. The van der Waals surface area contributed by atoms with Crippen LogP contribution in [0.1, 0.15) is 24.2 Å². The molecule has 0 amide bonds. The molecule has 1 N–H and O–H groups in total. The van der Waals surface area contributed by atoms with Crippen LogP contribution in [0.3, 0.4) is 0 Å². The Morgan fingerprint density at radius 3 is 2.48 bits per heavy atom. The minimum atomic E-state index is -1.25. The van der Waals surface area contributed by atoms with Crippen LogP contribution < -0.4 is 10.3 Å². The highest BCUT2D eigenvalue weighted by molar-refractivity contribution is 5.88. The molecule has 1 aromatic carbocycles. The second-order valence-electron chi connectivity index (χ2n) is 4.33. The summed E-state index contributed by atoms with van der Waals surface area (Å²) in [6.07, 6.45) is 0. The lowest BCUT2D eigenvalue weighted by Gasteiger charge is -2.08. The van der Waals surface area contributed by atoms with E-state index in [9.17, 15) is 9.59 Å². The number of nitrogens with zero attached hydrogens (tertiary/aromatic N) is 2. The topological polar surface area (TPSA) is 81.4 Å². The van der Waals surface area contributed by atoms with Crippen molar-refractivity contribution in [2.24, 2.45) is 0 Å². The molecule has 1 aromatic heterocycles. The molecule has 6 nitrogen and oxygen atoms in total. The summed E-state index contributed by atoms with van der Waals surface area (Å²) in [5.41, 5.74) is 0.287. The monoisotopic (exact) mass is 288 g/mol. The molecule has 0 aliphatic heterocycles. The van der Waals surface area contributed by atoms with Crippen molar-refractivity contribution in [3.05, 3.63) is 46.2 Å². The first kappa shape index (κ1) is 14.8. The second-order valence-corrected chi connectivity index (χ2v) is 4.33. The minimum absolute atomic E-state index is 0.282. The van der Waals surface area contributed by atoms with Gasteiger partial charge in [-0.25, -0.2) is 9.48 Å². The van der Waals surface area contributed by atoms with Crippen LogP contribution in [0.15, 0.2) is 35.1 Å². The summed E-state index contributed by atoms with van der Waals surface area (Å²) in [6.45, 7) is 4.51. The van der Waals surface area contributed by atoms with Gasteiger partial charge >= 0.3 is 5.97 Å². The molecule has 2 rings (SSSR count). The summed E-state index contributed by atoms with van der Waals surface area (Å²) < 4.78 is 6.50. The minimum Gasteiger partial charge on any atom is -0.494 e. The summed E-state index contributed by atoms with van der Waals surface area (Å²) in [4.78, 5) is 23.0. The molecule has 0 saturated heterocycles. The first-order chi connectivity index (χ1) is 10.1. The van der Waals surface area contributed by atoms with Gasteiger partial charge in [0.1, 0.15) is 11.3 Å². The summed E-state index contributed by atoms with van der Waals surface area (Å²) in [5, 5.41) is 13.3. The molecule has 0 saturated carbocycles. The smallest absolute Gasteiger partial charge is 0.341 e. The number of hydrogen-bond acceptors (Lipinski definition) is 4. The number of ether oxygens (including phenoxy) is 1. The Morgan fingerprint density at radius 2 is 1.95 bits per heavy atom. The Hall–Kier alpha value is -2.63. The van der Waals surface area contributed by atoms with Gasteiger partial charge in [0.2, 0.25) is 0 Å². The molecular formula is C15H16N2O4. The number of aryl methyl sites for hydroxylation is 1. The molecule has 6 heteroatoms. The van der Waals surface area contributed by atoms with Crippen molar-refractivity contribution in [1.82, 2.24) is 9.78 Å². The van der Waals surface area contributed by atoms with Gasteiger partial charge in [-0.1, -0.05) is 0 Å². The van der Waals surface area contributed by atoms with Crippen LogP contribution in [-0.4, -0.2) is 27.5 Å². The van der Waals surface area contributed by atoms with Crippen LogP contribution in [0.2, 0.25) is 0 Å². The Balaban J connectivity index is 2.50. The maximum Gasteiger partial charge on any atom is 0.341 e. The Morgan fingerprint density at radius 1 is 1.29 bits per heavy atom. The van der Waals surface area contributed by atoms with Gasteiger partial charge < -0.3 is 9.84 Å². The van der Waals surface area contributed by atoms with E-state index in [1.165, 1.54) is 6.07 Å². The molecule has 0 aliphatic carbocycles. The largest absolute Gasteiger partial charge is 0.494 e. The number of aromatic nitrogens is 2. The number of carboxylic acids is 1. The highest BCUT2D eigenvalue weighted by Crippen LogP contribution is 2.20. The molecule has 0 spiro atoms. The number of carboxylic acid groups (broad SMARTS) is 1. The van der Waals surface area contributed by atoms with E-state index in [-0.39, 0.29) is 5.56 Å². The van der Waals surface area contributed by atoms with Gasteiger partial charge in [0, 0.05) is 12.1 Å². The fraction of sp³-hybridized carbons (Fsp3) is 0.267. The molecule has 2 aromatic rings. The lowest BCUT2D eigenvalue weighted by molar-refractivity contribution is 0.0693. The molecule has 0 radical (unpaired) electrons. The summed E-state index contributed by atoms with van der Waals surface area (Å²) >= 11 is 0. The molecule has 0 atom stereocenters. The van der Waals surface area contributed by atoms with Crippen LogP contribution in [-0.2, 0) is 6.54 Å². The van der Waals surface area contributed by atoms with Crippen LogP contribution in [0.4, 0.5) is 0 Å². The van der Waals surface area contributed by atoms with E-state index in [2.05, 4.69) is 5.10 Å². The van der Waals surface area contributed by atoms with Gasteiger partial charge in [0.25, 0.3) is 5.56 Å². The van der Waals surface area contributed by atoms with Crippen LogP contribution in [0.25, 0.3) is 11.3 Å². The average molecular weight is 288 g/mol. The molecule has 0 fully saturated rings. The number of aromatic carboxylic acids is 1. The van der Waals surface area contributed by atoms with Crippen molar-refractivity contribution < 1.29 is 14.6 Å². The van der Waals surface area contributed by atoms with Crippen LogP contribution in [0, 0.1) is 0 Å². The molecule has 1 heterocycles. The van der Waals surface area contributed by atoms with Crippen molar-refractivity contribution in [2.75, 3.05) is 6.61 Å². The maximum atomic E-state index is 11.9. The van der Waals surface area contributed by atoms with Crippen molar-refractivity contribution in [1.29, 1.82) is 0 Å². The molecule has 0 bridgehead atoms. The van der Waals surface area contributed by atoms with Crippen molar-refractivity contribution >= 4 is 5.97 Å². The van der Waals surface area contributed by atoms with Gasteiger partial charge in [-0.15, -0.1) is 0 Å². The summed E-state index contributed by atoms with van der Waals surface area (Å²) in [7, 11) is 0. The van der Waals surface area contributed by atoms with E-state index >= 15 is 0 Å². The van der Waals surface area contributed by atoms with Crippen molar-refractivity contribution in [2.45, 2.75) is 20.4 Å². The van der Waals surface area contributed by atoms with Gasteiger partial charge in [-0.05, 0) is 44.2 Å². The fourth-order valence-corrected chi connectivity index (χ4v) is 1.94. The second kappa shape index (κ2) is 6.21. The summed E-state index contributed by atoms with van der Waals surface area (Å²) in [5.74, 6) is -0.527. The Kier molecular flexibility index (Phi) is 4.37. The fourth-order valence-electron chi connectivity index (χ4n) is 1.94. The van der Waals surface area contributed by atoms with E-state index in [4.69, 9.17) is 9.84 Å². The highest BCUT2D eigenvalue weighted by atomic mass is 16.5. The van der Waals surface area contributed by atoms with Gasteiger partial charge in [-0.3, -0.25) is 4.79 Å². The Bertz CT molecular complexity index is 705. The third-order valence-electron chi connectivity index (χ3n) is 2.97. The quantitative estimate of drug-likeness (QED) is 0.910. The number of benzene rings is 1. The average Bonchev–Trinajstić information content (AvgIpc) is 2.48.